The second-order valence-corrected chi connectivity index (χ2v) is 6.04. The zero-order valence-corrected chi connectivity index (χ0v) is 14.0. The molecule has 0 bridgehead atoms. The van der Waals surface area contributed by atoms with E-state index >= 15 is 0 Å². The number of anilines is 2. The van der Waals surface area contributed by atoms with E-state index in [1.165, 1.54) is 5.56 Å². The normalized spacial score (nSPS) is 10.3. The minimum atomic E-state index is -0.0633. The molecule has 2 aromatic rings. The number of aryl methyl sites for hydroxylation is 3. The van der Waals surface area contributed by atoms with Crippen LogP contribution in [-0.2, 0) is 4.79 Å². The topological polar surface area (TPSA) is 41.1 Å². The molecule has 0 saturated carbocycles. The van der Waals surface area contributed by atoms with Crippen LogP contribution in [0.3, 0.4) is 0 Å². The average molecular weight is 347 g/mol. The van der Waals surface area contributed by atoms with E-state index in [1.807, 2.05) is 51.1 Å². The van der Waals surface area contributed by atoms with Crippen LogP contribution in [-0.4, -0.2) is 12.5 Å². The number of nitrogens with one attached hydrogen (secondary N) is 2. The Morgan fingerprint density at radius 3 is 2.48 bits per heavy atom. The van der Waals surface area contributed by atoms with Crippen LogP contribution >= 0.6 is 15.9 Å². The first-order valence-corrected chi connectivity index (χ1v) is 7.62. The summed E-state index contributed by atoms with van der Waals surface area (Å²) in [5.41, 5.74) is 5.23. The first-order chi connectivity index (χ1) is 9.95. The van der Waals surface area contributed by atoms with Crippen LogP contribution in [0, 0.1) is 20.8 Å². The number of carbonyl (C=O) groups is 1. The Kier molecular flexibility index (Phi) is 5.02. The summed E-state index contributed by atoms with van der Waals surface area (Å²) in [5, 5.41) is 6.06. The summed E-state index contributed by atoms with van der Waals surface area (Å²) in [6, 6.07) is 11.9. The van der Waals surface area contributed by atoms with Gasteiger partial charge in [-0.1, -0.05) is 34.1 Å². The van der Waals surface area contributed by atoms with Gasteiger partial charge in [0, 0.05) is 15.8 Å². The minimum absolute atomic E-state index is 0.0633. The second kappa shape index (κ2) is 6.76. The van der Waals surface area contributed by atoms with Crippen molar-refractivity contribution in [1.82, 2.24) is 0 Å². The predicted molar refractivity (Wildman–Crippen MR) is 91.9 cm³/mol. The van der Waals surface area contributed by atoms with Crippen LogP contribution in [0.15, 0.2) is 40.9 Å². The van der Waals surface area contributed by atoms with Crippen molar-refractivity contribution in [3.05, 3.63) is 57.6 Å². The molecule has 21 heavy (non-hydrogen) atoms. The lowest BCUT2D eigenvalue weighted by molar-refractivity contribution is -0.114. The molecule has 0 fully saturated rings. The van der Waals surface area contributed by atoms with Gasteiger partial charge in [-0.3, -0.25) is 4.79 Å². The summed E-state index contributed by atoms with van der Waals surface area (Å²) in [6.45, 7) is 6.32. The number of benzene rings is 2. The summed E-state index contributed by atoms with van der Waals surface area (Å²) in [5.74, 6) is -0.0633. The van der Waals surface area contributed by atoms with E-state index < -0.39 is 0 Å². The molecule has 110 valence electrons. The lowest BCUT2D eigenvalue weighted by atomic mass is 10.1. The first kappa shape index (κ1) is 15.6. The highest BCUT2D eigenvalue weighted by Crippen LogP contribution is 2.20. The maximum Gasteiger partial charge on any atom is 0.243 e. The van der Waals surface area contributed by atoms with Crippen LogP contribution in [0.5, 0.6) is 0 Å². The third-order valence-corrected chi connectivity index (χ3v) is 4.14. The fourth-order valence-electron chi connectivity index (χ4n) is 1.98. The van der Waals surface area contributed by atoms with Crippen LogP contribution in [0.4, 0.5) is 11.4 Å². The monoisotopic (exact) mass is 346 g/mol. The maximum atomic E-state index is 12.0. The Bertz CT molecular complexity index is 668. The van der Waals surface area contributed by atoms with Crippen molar-refractivity contribution in [3.63, 3.8) is 0 Å². The van der Waals surface area contributed by atoms with E-state index in [-0.39, 0.29) is 12.5 Å². The summed E-state index contributed by atoms with van der Waals surface area (Å²) in [4.78, 5) is 12.0. The van der Waals surface area contributed by atoms with Gasteiger partial charge in [-0.2, -0.15) is 0 Å². The van der Waals surface area contributed by atoms with E-state index in [0.717, 1.165) is 27.0 Å². The molecule has 0 aliphatic heterocycles. The van der Waals surface area contributed by atoms with Crippen molar-refractivity contribution in [3.8, 4) is 0 Å². The van der Waals surface area contributed by atoms with Crippen molar-refractivity contribution in [2.24, 2.45) is 0 Å². The van der Waals surface area contributed by atoms with Gasteiger partial charge in [0.2, 0.25) is 5.91 Å². The number of halogens is 1. The van der Waals surface area contributed by atoms with Crippen LogP contribution in [0.2, 0.25) is 0 Å². The molecular weight excluding hydrogens is 328 g/mol. The molecule has 4 heteroatoms. The van der Waals surface area contributed by atoms with Gasteiger partial charge >= 0.3 is 0 Å². The lowest BCUT2D eigenvalue weighted by Crippen LogP contribution is -2.22. The van der Waals surface area contributed by atoms with E-state index in [4.69, 9.17) is 0 Å². The molecular formula is C17H19BrN2O. The molecule has 2 N–H and O–H groups in total. The van der Waals surface area contributed by atoms with Crippen molar-refractivity contribution in [1.29, 1.82) is 0 Å². The highest BCUT2D eigenvalue weighted by Gasteiger charge is 2.05. The number of hydrogen-bond acceptors (Lipinski definition) is 2. The molecule has 0 aliphatic rings. The van der Waals surface area contributed by atoms with Gasteiger partial charge < -0.3 is 10.6 Å². The smallest absolute Gasteiger partial charge is 0.243 e. The van der Waals surface area contributed by atoms with Gasteiger partial charge in [0.05, 0.1) is 6.54 Å². The number of carbonyl (C=O) groups excluding carboxylic acids is 1. The van der Waals surface area contributed by atoms with E-state index in [1.54, 1.807) is 0 Å². The molecule has 0 radical (unpaired) electrons. The van der Waals surface area contributed by atoms with Crippen LogP contribution in [0.1, 0.15) is 16.7 Å². The molecule has 0 spiro atoms. The second-order valence-electron chi connectivity index (χ2n) is 5.18. The molecule has 0 saturated heterocycles. The molecule has 0 aliphatic carbocycles. The average Bonchev–Trinajstić information content (AvgIpc) is 2.44. The van der Waals surface area contributed by atoms with Gasteiger partial charge in [-0.15, -0.1) is 0 Å². The van der Waals surface area contributed by atoms with Gasteiger partial charge in [-0.05, 0) is 55.7 Å². The van der Waals surface area contributed by atoms with Crippen molar-refractivity contribution < 1.29 is 4.79 Å². The van der Waals surface area contributed by atoms with Gasteiger partial charge in [-0.25, -0.2) is 0 Å². The standard InChI is InChI=1S/C17H19BrN2O/c1-11-4-5-13(3)16(8-11)19-10-17(21)20-14-7-6-12(2)15(18)9-14/h4-9,19H,10H2,1-3H3,(H,20,21). The summed E-state index contributed by atoms with van der Waals surface area (Å²) < 4.78 is 0.989. The maximum absolute atomic E-state index is 12.0. The molecule has 3 nitrogen and oxygen atoms in total. The molecule has 0 unspecified atom stereocenters. The van der Waals surface area contributed by atoms with Crippen LogP contribution in [0.25, 0.3) is 0 Å². The molecule has 2 rings (SSSR count). The molecule has 0 heterocycles. The number of rotatable bonds is 4. The minimum Gasteiger partial charge on any atom is -0.376 e. The zero-order valence-electron chi connectivity index (χ0n) is 12.5. The number of hydrogen-bond donors (Lipinski definition) is 2. The van der Waals surface area contributed by atoms with Crippen LogP contribution < -0.4 is 10.6 Å². The quantitative estimate of drug-likeness (QED) is 0.859. The lowest BCUT2D eigenvalue weighted by Gasteiger charge is -2.11. The highest BCUT2D eigenvalue weighted by atomic mass is 79.9. The third-order valence-electron chi connectivity index (χ3n) is 3.29. The summed E-state index contributed by atoms with van der Waals surface area (Å²) in [7, 11) is 0. The molecule has 0 aromatic heterocycles. The SMILES string of the molecule is Cc1ccc(C)c(NCC(=O)Nc2ccc(C)c(Br)c2)c1. The molecule has 2 aromatic carbocycles. The Morgan fingerprint density at radius 1 is 1.05 bits per heavy atom. The fraction of sp³-hybridized carbons (Fsp3) is 0.235. The molecule has 0 atom stereocenters. The Labute approximate surface area is 133 Å². The predicted octanol–water partition coefficient (Wildman–Crippen LogP) is 4.42. The summed E-state index contributed by atoms with van der Waals surface area (Å²) in [6.07, 6.45) is 0. The van der Waals surface area contributed by atoms with E-state index in [2.05, 4.69) is 32.6 Å². The Balaban J connectivity index is 1.95. The van der Waals surface area contributed by atoms with Crippen molar-refractivity contribution >= 4 is 33.2 Å². The van der Waals surface area contributed by atoms with Gasteiger partial charge in [0.15, 0.2) is 0 Å². The first-order valence-electron chi connectivity index (χ1n) is 6.83. The summed E-state index contributed by atoms with van der Waals surface area (Å²) >= 11 is 3.46. The van der Waals surface area contributed by atoms with E-state index in [9.17, 15) is 4.79 Å². The Morgan fingerprint density at radius 2 is 1.76 bits per heavy atom. The highest BCUT2D eigenvalue weighted by molar-refractivity contribution is 9.10. The molecule has 1 amide bonds. The van der Waals surface area contributed by atoms with Crippen molar-refractivity contribution in [2.75, 3.05) is 17.2 Å². The Hall–Kier alpha value is -1.81. The fourth-order valence-corrected chi connectivity index (χ4v) is 2.36. The van der Waals surface area contributed by atoms with Crippen molar-refractivity contribution in [2.45, 2.75) is 20.8 Å². The zero-order chi connectivity index (χ0) is 15.4. The van der Waals surface area contributed by atoms with E-state index in [0.29, 0.717) is 0 Å². The third kappa shape index (κ3) is 4.33. The van der Waals surface area contributed by atoms with Gasteiger partial charge in [0.25, 0.3) is 0 Å². The largest absolute Gasteiger partial charge is 0.376 e. The van der Waals surface area contributed by atoms with Gasteiger partial charge in [0.1, 0.15) is 0 Å². The number of amides is 1.